The number of nitrogens with zero attached hydrogens (tertiary/aromatic N) is 2. The third-order valence-corrected chi connectivity index (χ3v) is 2.80. The number of aromatic nitrogens is 3. The Morgan fingerprint density at radius 1 is 1.39 bits per heavy atom. The first-order chi connectivity index (χ1) is 8.70. The number of fused-ring (bicyclic) bond motifs is 3. The minimum Gasteiger partial charge on any atom is -0.465 e. The van der Waals surface area contributed by atoms with Crippen molar-refractivity contribution in [1.82, 2.24) is 14.4 Å². The van der Waals surface area contributed by atoms with Crippen LogP contribution >= 0.6 is 0 Å². The predicted molar refractivity (Wildman–Crippen MR) is 64.7 cm³/mol. The van der Waals surface area contributed by atoms with Crippen LogP contribution < -0.4 is 5.56 Å². The number of hydrogen-bond donors (Lipinski definition) is 1. The maximum Gasteiger partial charge on any atom is 0.337 e. The first kappa shape index (κ1) is 10.5. The molecule has 0 aliphatic carbocycles. The fourth-order valence-electron chi connectivity index (χ4n) is 1.92. The maximum absolute atomic E-state index is 11.7. The molecule has 6 nitrogen and oxygen atoms in total. The molecule has 0 fully saturated rings. The van der Waals surface area contributed by atoms with Crippen molar-refractivity contribution in [2.24, 2.45) is 0 Å². The van der Waals surface area contributed by atoms with Crippen LogP contribution in [0, 0.1) is 0 Å². The van der Waals surface area contributed by atoms with Gasteiger partial charge in [-0.2, -0.15) is 0 Å². The summed E-state index contributed by atoms with van der Waals surface area (Å²) in [7, 11) is 1.33. The van der Waals surface area contributed by atoms with E-state index >= 15 is 0 Å². The molecule has 0 saturated carbocycles. The molecule has 0 bridgehead atoms. The number of imidazole rings is 1. The van der Waals surface area contributed by atoms with E-state index < -0.39 is 5.97 Å². The monoisotopic (exact) mass is 243 g/mol. The minimum atomic E-state index is -0.420. The largest absolute Gasteiger partial charge is 0.465 e. The molecule has 3 rings (SSSR count). The van der Waals surface area contributed by atoms with E-state index in [0.29, 0.717) is 22.1 Å². The van der Waals surface area contributed by atoms with Crippen molar-refractivity contribution in [2.45, 2.75) is 0 Å². The van der Waals surface area contributed by atoms with E-state index in [0.717, 1.165) is 0 Å². The lowest BCUT2D eigenvalue weighted by molar-refractivity contribution is 0.0601. The van der Waals surface area contributed by atoms with Gasteiger partial charge in [-0.05, 0) is 18.2 Å². The highest BCUT2D eigenvalue weighted by Gasteiger charge is 2.09. The Labute approximate surface area is 101 Å². The summed E-state index contributed by atoms with van der Waals surface area (Å²) in [5, 5.41) is 0. The van der Waals surface area contributed by atoms with E-state index in [1.807, 2.05) is 0 Å². The number of esters is 1. The zero-order valence-corrected chi connectivity index (χ0v) is 9.51. The van der Waals surface area contributed by atoms with Crippen molar-refractivity contribution in [3.05, 3.63) is 46.6 Å². The van der Waals surface area contributed by atoms with Crippen LogP contribution in [0.15, 0.2) is 35.5 Å². The van der Waals surface area contributed by atoms with Crippen LogP contribution in [0.5, 0.6) is 0 Å². The Balaban J connectivity index is 2.42. The van der Waals surface area contributed by atoms with E-state index in [-0.39, 0.29) is 5.56 Å². The smallest absolute Gasteiger partial charge is 0.337 e. The van der Waals surface area contributed by atoms with Crippen molar-refractivity contribution in [3.8, 4) is 0 Å². The van der Waals surface area contributed by atoms with Crippen molar-refractivity contribution in [2.75, 3.05) is 7.11 Å². The van der Waals surface area contributed by atoms with Crippen molar-refractivity contribution in [3.63, 3.8) is 0 Å². The summed E-state index contributed by atoms with van der Waals surface area (Å²) < 4.78 is 6.31. The van der Waals surface area contributed by atoms with Crippen LogP contribution in [0.2, 0.25) is 0 Å². The number of H-pyrrole nitrogens is 1. The molecule has 6 heteroatoms. The number of carbonyl (C=O) groups excluding carboxylic acids is 1. The molecule has 1 aromatic carbocycles. The van der Waals surface area contributed by atoms with Gasteiger partial charge in [-0.1, -0.05) is 0 Å². The summed E-state index contributed by atoms with van der Waals surface area (Å²) in [5.74, 6) is -0.420. The van der Waals surface area contributed by atoms with E-state index in [1.165, 1.54) is 19.6 Å². The summed E-state index contributed by atoms with van der Waals surface area (Å²) >= 11 is 0. The van der Waals surface area contributed by atoms with Crippen LogP contribution in [-0.4, -0.2) is 27.4 Å². The second-order valence-electron chi connectivity index (χ2n) is 3.83. The average Bonchev–Trinajstić information content (AvgIpc) is 2.88. The highest BCUT2D eigenvalue weighted by atomic mass is 16.5. The fourth-order valence-corrected chi connectivity index (χ4v) is 1.92. The second-order valence-corrected chi connectivity index (χ2v) is 3.83. The quantitative estimate of drug-likeness (QED) is 0.646. The molecule has 2 aromatic heterocycles. The molecular weight excluding hydrogens is 234 g/mol. The molecule has 1 N–H and O–H groups in total. The topological polar surface area (TPSA) is 76.5 Å². The Morgan fingerprint density at radius 3 is 3.00 bits per heavy atom. The Bertz CT molecular complexity index is 816. The van der Waals surface area contributed by atoms with Gasteiger partial charge in [-0.25, -0.2) is 9.78 Å². The van der Waals surface area contributed by atoms with Gasteiger partial charge in [0.15, 0.2) is 0 Å². The SMILES string of the molecule is COC(=O)c1ccc2[nH]c(=O)c3cncn3c2c1. The number of rotatable bonds is 1. The third-order valence-electron chi connectivity index (χ3n) is 2.80. The minimum absolute atomic E-state index is 0.217. The zero-order valence-electron chi connectivity index (χ0n) is 9.51. The molecule has 0 aliphatic heterocycles. The number of aromatic amines is 1. The predicted octanol–water partition coefficient (Wildman–Crippen LogP) is 0.962. The van der Waals surface area contributed by atoms with Gasteiger partial charge in [0.2, 0.25) is 0 Å². The summed E-state index contributed by atoms with van der Waals surface area (Å²) in [6, 6.07) is 4.93. The van der Waals surface area contributed by atoms with Crippen molar-refractivity contribution < 1.29 is 9.53 Å². The van der Waals surface area contributed by atoms with E-state index in [4.69, 9.17) is 0 Å². The molecule has 0 amide bonds. The van der Waals surface area contributed by atoms with E-state index in [1.54, 1.807) is 22.6 Å². The van der Waals surface area contributed by atoms with Gasteiger partial charge in [-0.3, -0.25) is 9.20 Å². The molecule has 0 aliphatic rings. The lowest BCUT2D eigenvalue weighted by Crippen LogP contribution is -2.10. The summed E-state index contributed by atoms with van der Waals surface area (Å²) in [5.41, 5.74) is 1.98. The van der Waals surface area contributed by atoms with Crippen LogP contribution in [0.1, 0.15) is 10.4 Å². The number of benzene rings is 1. The Hall–Kier alpha value is -2.63. The number of carbonyl (C=O) groups is 1. The molecule has 0 unspecified atom stereocenters. The van der Waals surface area contributed by atoms with Crippen molar-refractivity contribution in [1.29, 1.82) is 0 Å². The molecule has 3 aromatic rings. The first-order valence-electron chi connectivity index (χ1n) is 5.27. The maximum atomic E-state index is 11.7. The van der Waals surface area contributed by atoms with Crippen LogP contribution in [0.25, 0.3) is 16.6 Å². The number of nitrogens with one attached hydrogen (secondary N) is 1. The molecule has 0 saturated heterocycles. The zero-order chi connectivity index (χ0) is 12.7. The molecule has 0 atom stereocenters. The van der Waals surface area contributed by atoms with Crippen LogP contribution in [0.3, 0.4) is 0 Å². The first-order valence-corrected chi connectivity index (χ1v) is 5.27. The van der Waals surface area contributed by atoms with Gasteiger partial charge in [0.25, 0.3) is 5.56 Å². The van der Waals surface area contributed by atoms with Gasteiger partial charge < -0.3 is 9.72 Å². The summed E-state index contributed by atoms with van der Waals surface area (Å²) in [4.78, 5) is 29.9. The van der Waals surface area contributed by atoms with Gasteiger partial charge in [-0.15, -0.1) is 0 Å². The van der Waals surface area contributed by atoms with E-state index in [9.17, 15) is 9.59 Å². The standard InChI is InChI=1S/C12H9N3O3/c1-18-12(17)7-2-3-8-9(4-7)15-6-13-5-10(15)11(16)14-8/h2-6H,1H3,(H,14,16). The molecule has 2 heterocycles. The number of ether oxygens (including phenoxy) is 1. The molecule has 0 radical (unpaired) electrons. The molecular formula is C12H9N3O3. The van der Waals surface area contributed by atoms with E-state index in [2.05, 4.69) is 14.7 Å². The lowest BCUT2D eigenvalue weighted by atomic mass is 10.2. The van der Waals surface area contributed by atoms with Gasteiger partial charge >= 0.3 is 5.97 Å². The lowest BCUT2D eigenvalue weighted by Gasteiger charge is -2.04. The molecule has 0 spiro atoms. The third kappa shape index (κ3) is 1.39. The normalized spacial score (nSPS) is 10.9. The van der Waals surface area contributed by atoms with Gasteiger partial charge in [0.05, 0.1) is 36.2 Å². The number of hydrogen-bond acceptors (Lipinski definition) is 4. The Kier molecular flexibility index (Phi) is 2.16. The Morgan fingerprint density at radius 2 is 2.22 bits per heavy atom. The molecule has 18 heavy (non-hydrogen) atoms. The number of methoxy groups -OCH3 is 1. The average molecular weight is 243 g/mol. The van der Waals surface area contributed by atoms with Gasteiger partial charge in [0, 0.05) is 0 Å². The van der Waals surface area contributed by atoms with Crippen LogP contribution in [-0.2, 0) is 4.74 Å². The van der Waals surface area contributed by atoms with Crippen molar-refractivity contribution >= 4 is 22.5 Å². The fraction of sp³-hybridized carbons (Fsp3) is 0.0833. The second kappa shape index (κ2) is 3.69. The summed E-state index contributed by atoms with van der Waals surface area (Å²) in [6.07, 6.45) is 3.01. The summed E-state index contributed by atoms with van der Waals surface area (Å²) in [6.45, 7) is 0. The highest BCUT2D eigenvalue weighted by Crippen LogP contribution is 2.14. The van der Waals surface area contributed by atoms with Gasteiger partial charge in [0.1, 0.15) is 5.52 Å². The molecule has 90 valence electrons. The highest BCUT2D eigenvalue weighted by molar-refractivity contribution is 5.93. The van der Waals surface area contributed by atoms with Crippen LogP contribution in [0.4, 0.5) is 0 Å².